The van der Waals surface area contributed by atoms with Crippen molar-refractivity contribution < 1.29 is 18.3 Å². The van der Waals surface area contributed by atoms with Crippen molar-refractivity contribution in [3.8, 4) is 11.4 Å². The molecule has 7 heteroatoms. The van der Waals surface area contributed by atoms with Gasteiger partial charge in [-0.3, -0.25) is 0 Å². The minimum Gasteiger partial charge on any atom is -0.478 e. The first kappa shape index (κ1) is 13.2. The van der Waals surface area contributed by atoms with Crippen LogP contribution in [-0.4, -0.2) is 35.7 Å². The van der Waals surface area contributed by atoms with Crippen molar-refractivity contribution in [2.75, 3.05) is 6.26 Å². The SMILES string of the molecule is CS(=O)(=O)c1nc(-c2ccccc2)ncc1C(=O)O. The molecule has 0 saturated carbocycles. The lowest BCUT2D eigenvalue weighted by Gasteiger charge is -2.05. The smallest absolute Gasteiger partial charge is 0.340 e. The summed E-state index contributed by atoms with van der Waals surface area (Å²) in [5.41, 5.74) is 0.187. The van der Waals surface area contributed by atoms with E-state index in [4.69, 9.17) is 5.11 Å². The Morgan fingerprint density at radius 2 is 1.84 bits per heavy atom. The number of sulfone groups is 1. The number of hydrogen-bond acceptors (Lipinski definition) is 5. The highest BCUT2D eigenvalue weighted by atomic mass is 32.2. The van der Waals surface area contributed by atoms with Gasteiger partial charge in [0, 0.05) is 18.0 Å². The van der Waals surface area contributed by atoms with Gasteiger partial charge in [-0.1, -0.05) is 30.3 Å². The zero-order valence-corrected chi connectivity index (χ0v) is 10.8. The van der Waals surface area contributed by atoms with E-state index in [2.05, 4.69) is 9.97 Å². The van der Waals surface area contributed by atoms with Gasteiger partial charge in [-0.05, 0) is 0 Å². The molecule has 0 aliphatic rings. The van der Waals surface area contributed by atoms with E-state index in [9.17, 15) is 13.2 Å². The molecular weight excluding hydrogens is 268 g/mol. The van der Waals surface area contributed by atoms with Crippen molar-refractivity contribution >= 4 is 15.8 Å². The van der Waals surface area contributed by atoms with Gasteiger partial charge in [0.25, 0.3) is 0 Å². The lowest BCUT2D eigenvalue weighted by atomic mass is 10.2. The second-order valence-corrected chi connectivity index (χ2v) is 5.79. The van der Waals surface area contributed by atoms with Crippen molar-refractivity contribution in [2.45, 2.75) is 5.03 Å². The summed E-state index contributed by atoms with van der Waals surface area (Å²) in [5, 5.41) is 8.47. The second-order valence-electron chi connectivity index (χ2n) is 3.86. The number of carboxylic acid groups (broad SMARTS) is 1. The van der Waals surface area contributed by atoms with Crippen molar-refractivity contribution in [3.05, 3.63) is 42.1 Å². The molecule has 1 aromatic carbocycles. The van der Waals surface area contributed by atoms with Gasteiger partial charge in [0.2, 0.25) is 0 Å². The van der Waals surface area contributed by atoms with Gasteiger partial charge in [-0.15, -0.1) is 0 Å². The summed E-state index contributed by atoms with van der Waals surface area (Å²) in [5.74, 6) is -1.20. The summed E-state index contributed by atoms with van der Waals surface area (Å²) in [7, 11) is -3.74. The van der Waals surface area contributed by atoms with E-state index in [1.54, 1.807) is 30.3 Å². The van der Waals surface area contributed by atoms with Crippen LogP contribution in [0.2, 0.25) is 0 Å². The number of hydrogen-bond donors (Lipinski definition) is 1. The van der Waals surface area contributed by atoms with Gasteiger partial charge < -0.3 is 5.11 Å². The van der Waals surface area contributed by atoms with Crippen LogP contribution in [0.15, 0.2) is 41.6 Å². The normalized spacial score (nSPS) is 11.2. The third-order valence-electron chi connectivity index (χ3n) is 2.37. The molecule has 0 fully saturated rings. The van der Waals surface area contributed by atoms with Crippen molar-refractivity contribution in [2.24, 2.45) is 0 Å². The van der Waals surface area contributed by atoms with Gasteiger partial charge >= 0.3 is 5.97 Å². The average Bonchev–Trinajstić information content (AvgIpc) is 2.38. The minimum atomic E-state index is -3.74. The van der Waals surface area contributed by atoms with Crippen LogP contribution in [0.5, 0.6) is 0 Å². The van der Waals surface area contributed by atoms with Crippen LogP contribution >= 0.6 is 0 Å². The van der Waals surface area contributed by atoms with Crippen LogP contribution in [0.3, 0.4) is 0 Å². The molecule has 0 unspecified atom stereocenters. The fourth-order valence-corrected chi connectivity index (χ4v) is 2.31. The summed E-state index contributed by atoms with van der Waals surface area (Å²) >= 11 is 0. The van der Waals surface area contributed by atoms with E-state index < -0.39 is 26.4 Å². The third kappa shape index (κ3) is 2.76. The number of carbonyl (C=O) groups is 1. The van der Waals surface area contributed by atoms with E-state index in [1.807, 2.05) is 0 Å². The summed E-state index contributed by atoms with van der Waals surface area (Å²) in [6, 6.07) is 8.73. The van der Waals surface area contributed by atoms with E-state index in [1.165, 1.54) is 0 Å². The maximum atomic E-state index is 11.6. The molecule has 0 atom stereocenters. The molecule has 0 aliphatic heterocycles. The number of carboxylic acids is 1. The summed E-state index contributed by atoms with van der Waals surface area (Å²) in [4.78, 5) is 18.7. The first-order valence-corrected chi connectivity index (χ1v) is 7.14. The number of aromatic carboxylic acids is 1. The largest absolute Gasteiger partial charge is 0.478 e. The van der Waals surface area contributed by atoms with Crippen LogP contribution in [0.1, 0.15) is 10.4 Å². The molecule has 0 radical (unpaired) electrons. The third-order valence-corrected chi connectivity index (χ3v) is 3.38. The van der Waals surface area contributed by atoms with Crippen LogP contribution < -0.4 is 0 Å². The topological polar surface area (TPSA) is 97.2 Å². The Morgan fingerprint density at radius 1 is 1.21 bits per heavy atom. The molecule has 1 heterocycles. The van der Waals surface area contributed by atoms with Gasteiger partial charge in [0.05, 0.1) is 0 Å². The van der Waals surface area contributed by atoms with E-state index in [0.29, 0.717) is 5.56 Å². The van der Waals surface area contributed by atoms with E-state index in [-0.39, 0.29) is 5.82 Å². The fourth-order valence-electron chi connectivity index (χ4n) is 1.52. The molecule has 1 N–H and O–H groups in total. The maximum absolute atomic E-state index is 11.6. The van der Waals surface area contributed by atoms with Crippen molar-refractivity contribution in [3.63, 3.8) is 0 Å². The highest BCUT2D eigenvalue weighted by molar-refractivity contribution is 7.90. The first-order valence-electron chi connectivity index (χ1n) is 5.25. The van der Waals surface area contributed by atoms with Crippen LogP contribution in [0.4, 0.5) is 0 Å². The molecule has 0 aliphatic carbocycles. The molecule has 0 spiro atoms. The van der Waals surface area contributed by atoms with Gasteiger partial charge in [0.1, 0.15) is 5.56 Å². The van der Waals surface area contributed by atoms with Gasteiger partial charge in [-0.2, -0.15) is 0 Å². The molecule has 19 heavy (non-hydrogen) atoms. The Balaban J connectivity index is 2.67. The van der Waals surface area contributed by atoms with Gasteiger partial charge in [0.15, 0.2) is 20.7 Å². The quantitative estimate of drug-likeness (QED) is 0.848. The second kappa shape index (κ2) is 4.77. The summed E-state index contributed by atoms with van der Waals surface area (Å²) in [6.07, 6.45) is 1.92. The maximum Gasteiger partial charge on any atom is 0.340 e. The molecule has 1 aromatic heterocycles. The molecular formula is C12H10N2O4S. The lowest BCUT2D eigenvalue weighted by molar-refractivity contribution is 0.0691. The molecule has 6 nitrogen and oxygen atoms in total. The Bertz CT molecular complexity index is 727. The van der Waals surface area contributed by atoms with Crippen molar-refractivity contribution in [1.82, 2.24) is 9.97 Å². The fraction of sp³-hybridized carbons (Fsp3) is 0.0833. The zero-order valence-electron chi connectivity index (χ0n) is 9.94. The zero-order chi connectivity index (χ0) is 14.0. The molecule has 98 valence electrons. The first-order chi connectivity index (χ1) is 8.89. The van der Waals surface area contributed by atoms with E-state index in [0.717, 1.165) is 12.5 Å². The number of benzene rings is 1. The standard InChI is InChI=1S/C12H10N2O4S/c1-19(17,18)11-9(12(15)16)7-13-10(14-11)8-5-3-2-4-6-8/h2-7H,1H3,(H,15,16). The van der Waals surface area contributed by atoms with Gasteiger partial charge in [-0.25, -0.2) is 23.2 Å². The predicted octanol–water partition coefficient (Wildman–Crippen LogP) is 1.25. The highest BCUT2D eigenvalue weighted by Crippen LogP contribution is 2.19. The molecule has 0 bridgehead atoms. The molecule has 0 saturated heterocycles. The Hall–Kier alpha value is -2.28. The Morgan fingerprint density at radius 3 is 2.37 bits per heavy atom. The Labute approximate surface area is 109 Å². The number of aromatic nitrogens is 2. The van der Waals surface area contributed by atoms with Crippen LogP contribution in [0, 0.1) is 0 Å². The summed E-state index contributed by atoms with van der Waals surface area (Å²) in [6.45, 7) is 0. The molecule has 2 aromatic rings. The van der Waals surface area contributed by atoms with Crippen molar-refractivity contribution in [1.29, 1.82) is 0 Å². The summed E-state index contributed by atoms with van der Waals surface area (Å²) < 4.78 is 23.2. The molecule has 2 rings (SSSR count). The monoisotopic (exact) mass is 278 g/mol. The lowest BCUT2D eigenvalue weighted by Crippen LogP contribution is -2.11. The average molecular weight is 278 g/mol. The number of rotatable bonds is 3. The number of nitrogens with zero attached hydrogens (tertiary/aromatic N) is 2. The minimum absolute atomic E-state index is 0.172. The van der Waals surface area contributed by atoms with E-state index >= 15 is 0 Å². The Kier molecular flexibility index (Phi) is 3.30. The predicted molar refractivity (Wildman–Crippen MR) is 67.5 cm³/mol. The van der Waals surface area contributed by atoms with Crippen LogP contribution in [-0.2, 0) is 9.84 Å². The van der Waals surface area contributed by atoms with Crippen LogP contribution in [0.25, 0.3) is 11.4 Å². The molecule has 0 amide bonds. The highest BCUT2D eigenvalue weighted by Gasteiger charge is 2.21.